The molecule has 0 spiro atoms. The van der Waals surface area contributed by atoms with Crippen LogP contribution < -0.4 is 4.90 Å². The molecule has 4 heteroatoms. The normalized spacial score (nSPS) is 14.8. The molecule has 0 aromatic heterocycles. The second kappa shape index (κ2) is 11.1. The van der Waals surface area contributed by atoms with Gasteiger partial charge in [0.1, 0.15) is 5.82 Å². The van der Waals surface area contributed by atoms with Crippen LogP contribution in [-0.4, -0.2) is 37.0 Å². The number of hydrogen-bond donors (Lipinski definition) is 0. The summed E-state index contributed by atoms with van der Waals surface area (Å²) in [5, 5.41) is 0. The SMILES string of the molecule is CCCCCCCCCCC(=O)N1CCN(c2ccc(F)cc2)CC1. The summed E-state index contributed by atoms with van der Waals surface area (Å²) >= 11 is 0. The van der Waals surface area contributed by atoms with Gasteiger partial charge in [0.15, 0.2) is 0 Å². The highest BCUT2D eigenvalue weighted by molar-refractivity contribution is 5.76. The zero-order valence-electron chi connectivity index (χ0n) is 15.7. The van der Waals surface area contributed by atoms with Crippen LogP contribution in [0.25, 0.3) is 0 Å². The summed E-state index contributed by atoms with van der Waals surface area (Å²) in [6.45, 7) is 5.44. The van der Waals surface area contributed by atoms with Crippen LogP contribution >= 0.6 is 0 Å². The minimum absolute atomic E-state index is 0.206. The van der Waals surface area contributed by atoms with Gasteiger partial charge in [0, 0.05) is 38.3 Å². The molecule has 1 amide bonds. The van der Waals surface area contributed by atoms with Gasteiger partial charge in [0.05, 0.1) is 0 Å². The molecule has 0 bridgehead atoms. The molecule has 140 valence electrons. The Morgan fingerprint density at radius 3 is 2.04 bits per heavy atom. The van der Waals surface area contributed by atoms with Crippen molar-refractivity contribution in [1.29, 1.82) is 0 Å². The van der Waals surface area contributed by atoms with Crippen molar-refractivity contribution >= 4 is 11.6 Å². The first-order valence-corrected chi connectivity index (χ1v) is 9.99. The Kier molecular flexibility index (Phi) is 8.78. The van der Waals surface area contributed by atoms with Crippen molar-refractivity contribution in [1.82, 2.24) is 4.90 Å². The van der Waals surface area contributed by atoms with Crippen LogP contribution in [0.3, 0.4) is 0 Å². The highest BCUT2D eigenvalue weighted by Crippen LogP contribution is 2.18. The maximum absolute atomic E-state index is 13.0. The molecular weight excluding hydrogens is 315 g/mol. The number of amides is 1. The maximum Gasteiger partial charge on any atom is 0.222 e. The van der Waals surface area contributed by atoms with E-state index in [1.54, 1.807) is 0 Å². The van der Waals surface area contributed by atoms with Crippen molar-refractivity contribution in [3.8, 4) is 0 Å². The van der Waals surface area contributed by atoms with Crippen LogP contribution in [0.1, 0.15) is 64.7 Å². The lowest BCUT2D eigenvalue weighted by molar-refractivity contribution is -0.131. The van der Waals surface area contributed by atoms with Gasteiger partial charge in [-0.25, -0.2) is 4.39 Å². The Morgan fingerprint density at radius 1 is 0.880 bits per heavy atom. The zero-order chi connectivity index (χ0) is 17.9. The third-order valence-corrected chi connectivity index (χ3v) is 5.07. The maximum atomic E-state index is 13.0. The average Bonchev–Trinajstić information content (AvgIpc) is 2.64. The van der Waals surface area contributed by atoms with E-state index in [1.165, 1.54) is 57.1 Å². The second-order valence-electron chi connectivity index (χ2n) is 7.07. The van der Waals surface area contributed by atoms with Crippen LogP contribution in [0.4, 0.5) is 10.1 Å². The Bertz CT molecular complexity index is 495. The fourth-order valence-corrected chi connectivity index (χ4v) is 3.43. The minimum Gasteiger partial charge on any atom is -0.368 e. The van der Waals surface area contributed by atoms with Crippen LogP contribution in [0.2, 0.25) is 0 Å². The first-order valence-electron chi connectivity index (χ1n) is 9.99. The van der Waals surface area contributed by atoms with Crippen molar-refractivity contribution < 1.29 is 9.18 Å². The molecule has 1 fully saturated rings. The van der Waals surface area contributed by atoms with Crippen LogP contribution in [0, 0.1) is 5.82 Å². The third-order valence-electron chi connectivity index (χ3n) is 5.07. The lowest BCUT2D eigenvalue weighted by atomic mass is 10.1. The van der Waals surface area contributed by atoms with E-state index in [0.717, 1.165) is 38.3 Å². The van der Waals surface area contributed by atoms with E-state index in [9.17, 15) is 9.18 Å². The molecule has 1 saturated heterocycles. The zero-order valence-corrected chi connectivity index (χ0v) is 15.7. The summed E-state index contributed by atoms with van der Waals surface area (Å²) < 4.78 is 13.0. The van der Waals surface area contributed by atoms with Crippen molar-refractivity contribution in [3.63, 3.8) is 0 Å². The van der Waals surface area contributed by atoms with Gasteiger partial charge in [0.2, 0.25) is 5.91 Å². The van der Waals surface area contributed by atoms with Gasteiger partial charge in [-0.15, -0.1) is 0 Å². The number of hydrogen-bond acceptors (Lipinski definition) is 2. The molecule has 0 radical (unpaired) electrons. The van der Waals surface area contributed by atoms with Gasteiger partial charge in [-0.2, -0.15) is 0 Å². The van der Waals surface area contributed by atoms with E-state index in [-0.39, 0.29) is 5.82 Å². The quantitative estimate of drug-likeness (QED) is 0.555. The van der Waals surface area contributed by atoms with Crippen LogP contribution in [0.5, 0.6) is 0 Å². The smallest absolute Gasteiger partial charge is 0.222 e. The fraction of sp³-hybridized carbons (Fsp3) is 0.667. The van der Waals surface area contributed by atoms with Crippen LogP contribution in [0.15, 0.2) is 24.3 Å². The summed E-state index contributed by atoms with van der Waals surface area (Å²) in [6.07, 6.45) is 10.8. The molecule has 2 rings (SSSR count). The minimum atomic E-state index is -0.206. The standard InChI is InChI=1S/C21H33FN2O/c1-2-3-4-5-6-7-8-9-10-21(25)24-17-15-23(16-18-24)20-13-11-19(22)12-14-20/h11-14H,2-10,15-18H2,1H3. The molecule has 0 unspecified atom stereocenters. The largest absolute Gasteiger partial charge is 0.368 e. The predicted octanol–water partition coefficient (Wildman–Crippen LogP) is 5.01. The van der Waals surface area contributed by atoms with Gasteiger partial charge in [-0.3, -0.25) is 4.79 Å². The van der Waals surface area contributed by atoms with E-state index in [0.29, 0.717) is 12.3 Å². The molecular formula is C21H33FN2O. The first kappa shape index (κ1) is 19.7. The molecule has 3 nitrogen and oxygen atoms in total. The van der Waals surface area contributed by atoms with E-state index in [1.807, 2.05) is 17.0 Å². The topological polar surface area (TPSA) is 23.6 Å². The number of halogens is 1. The molecule has 0 saturated carbocycles. The number of nitrogens with zero attached hydrogens (tertiary/aromatic N) is 2. The summed E-state index contributed by atoms with van der Waals surface area (Å²) in [6, 6.07) is 6.62. The Labute approximate surface area is 152 Å². The number of unbranched alkanes of at least 4 members (excludes halogenated alkanes) is 7. The summed E-state index contributed by atoms with van der Waals surface area (Å²) in [5.41, 5.74) is 1.04. The van der Waals surface area contributed by atoms with Gasteiger partial charge in [-0.05, 0) is 30.7 Å². The van der Waals surface area contributed by atoms with Gasteiger partial charge in [-0.1, -0.05) is 51.9 Å². The van der Waals surface area contributed by atoms with E-state index >= 15 is 0 Å². The molecule has 25 heavy (non-hydrogen) atoms. The summed E-state index contributed by atoms with van der Waals surface area (Å²) in [5.74, 6) is 0.0904. The molecule has 0 N–H and O–H groups in total. The van der Waals surface area contributed by atoms with Crippen molar-refractivity contribution in [2.24, 2.45) is 0 Å². The number of piperazine rings is 1. The average molecular weight is 349 g/mol. The number of anilines is 1. The predicted molar refractivity (Wildman–Crippen MR) is 102 cm³/mol. The fourth-order valence-electron chi connectivity index (χ4n) is 3.43. The Hall–Kier alpha value is -1.58. The van der Waals surface area contributed by atoms with Gasteiger partial charge < -0.3 is 9.80 Å². The lowest BCUT2D eigenvalue weighted by Crippen LogP contribution is -2.48. The highest BCUT2D eigenvalue weighted by atomic mass is 19.1. The Morgan fingerprint density at radius 2 is 1.44 bits per heavy atom. The number of carbonyl (C=O) groups is 1. The second-order valence-corrected chi connectivity index (χ2v) is 7.07. The number of rotatable bonds is 10. The summed E-state index contributed by atoms with van der Waals surface area (Å²) in [4.78, 5) is 16.5. The van der Waals surface area contributed by atoms with Crippen molar-refractivity contribution in [2.75, 3.05) is 31.1 Å². The lowest BCUT2D eigenvalue weighted by Gasteiger charge is -2.36. The monoisotopic (exact) mass is 348 g/mol. The van der Waals surface area contributed by atoms with Crippen molar-refractivity contribution in [2.45, 2.75) is 64.7 Å². The van der Waals surface area contributed by atoms with Crippen LogP contribution in [-0.2, 0) is 4.79 Å². The molecule has 0 atom stereocenters. The van der Waals surface area contributed by atoms with E-state index in [4.69, 9.17) is 0 Å². The molecule has 1 aromatic carbocycles. The highest BCUT2D eigenvalue weighted by Gasteiger charge is 2.20. The van der Waals surface area contributed by atoms with E-state index < -0.39 is 0 Å². The van der Waals surface area contributed by atoms with Crippen molar-refractivity contribution in [3.05, 3.63) is 30.1 Å². The Balaban J connectivity index is 1.57. The molecule has 1 aromatic rings. The molecule has 0 aliphatic carbocycles. The van der Waals surface area contributed by atoms with Gasteiger partial charge in [0.25, 0.3) is 0 Å². The molecule has 1 aliphatic heterocycles. The number of carbonyl (C=O) groups excluding carboxylic acids is 1. The molecule has 1 aliphatic rings. The van der Waals surface area contributed by atoms with E-state index in [2.05, 4.69) is 11.8 Å². The molecule has 1 heterocycles. The first-order chi connectivity index (χ1) is 12.2. The third kappa shape index (κ3) is 7.05. The van der Waals surface area contributed by atoms with Gasteiger partial charge >= 0.3 is 0 Å². The number of benzene rings is 1. The summed E-state index contributed by atoms with van der Waals surface area (Å²) in [7, 11) is 0.